The lowest BCUT2D eigenvalue weighted by atomic mass is 9.82. The van der Waals surface area contributed by atoms with Crippen LogP contribution in [0.15, 0.2) is 12.7 Å². The summed E-state index contributed by atoms with van der Waals surface area (Å²) < 4.78 is 0. The van der Waals surface area contributed by atoms with Crippen molar-refractivity contribution in [3.05, 3.63) is 12.7 Å². The molecular formula is C12H22. The van der Waals surface area contributed by atoms with E-state index in [4.69, 9.17) is 0 Å². The quantitative estimate of drug-likeness (QED) is 0.550. The topological polar surface area (TPSA) is 0 Å². The predicted octanol–water partition coefficient (Wildman–Crippen LogP) is 4.17. The number of allylic oxidation sites excluding steroid dienone is 1. The van der Waals surface area contributed by atoms with Crippen molar-refractivity contribution in [2.45, 2.75) is 51.9 Å². The molecule has 0 saturated heterocycles. The fraction of sp³-hybridized carbons (Fsp3) is 0.833. The average molecular weight is 166 g/mol. The van der Waals surface area contributed by atoms with Crippen molar-refractivity contribution >= 4 is 0 Å². The summed E-state index contributed by atoms with van der Waals surface area (Å²) in [6, 6.07) is 0. The highest BCUT2D eigenvalue weighted by molar-refractivity contribution is 4.74. The van der Waals surface area contributed by atoms with Gasteiger partial charge in [0.05, 0.1) is 0 Å². The van der Waals surface area contributed by atoms with Gasteiger partial charge in [0.2, 0.25) is 0 Å². The zero-order chi connectivity index (χ0) is 8.81. The van der Waals surface area contributed by atoms with E-state index >= 15 is 0 Å². The molecule has 12 heavy (non-hydrogen) atoms. The lowest BCUT2D eigenvalue weighted by Crippen LogP contribution is -2.10. The Kier molecular flexibility index (Phi) is 4.42. The van der Waals surface area contributed by atoms with Crippen molar-refractivity contribution < 1.29 is 0 Å². The zero-order valence-corrected chi connectivity index (χ0v) is 8.39. The standard InChI is InChI=1S/C12H22/c1-3-7-11(2)10-12-8-5-4-6-9-12/h3,11-12H,1,4-10H2,2H3/t11-/m0/s1. The number of hydrogen-bond acceptors (Lipinski definition) is 0. The Morgan fingerprint density at radius 2 is 2.00 bits per heavy atom. The third-order valence-corrected chi connectivity index (χ3v) is 3.03. The van der Waals surface area contributed by atoms with Gasteiger partial charge in [0.1, 0.15) is 0 Å². The summed E-state index contributed by atoms with van der Waals surface area (Å²) in [5.74, 6) is 1.90. The van der Waals surface area contributed by atoms with Gasteiger partial charge in [-0.2, -0.15) is 0 Å². The largest absolute Gasteiger partial charge is 0.103 e. The minimum atomic E-state index is 0.866. The molecule has 0 amide bonds. The molecule has 0 aromatic rings. The molecule has 0 heterocycles. The lowest BCUT2D eigenvalue weighted by molar-refractivity contribution is 0.297. The van der Waals surface area contributed by atoms with Gasteiger partial charge in [0, 0.05) is 0 Å². The fourth-order valence-corrected chi connectivity index (χ4v) is 2.37. The van der Waals surface area contributed by atoms with Crippen LogP contribution >= 0.6 is 0 Å². The lowest BCUT2D eigenvalue weighted by Gasteiger charge is -2.23. The molecule has 0 nitrogen and oxygen atoms in total. The molecule has 1 aliphatic carbocycles. The molecule has 0 bridgehead atoms. The highest BCUT2D eigenvalue weighted by Gasteiger charge is 2.15. The Bertz CT molecular complexity index is 120. The van der Waals surface area contributed by atoms with Crippen LogP contribution in [0.2, 0.25) is 0 Å². The van der Waals surface area contributed by atoms with Crippen LogP contribution in [0.25, 0.3) is 0 Å². The van der Waals surface area contributed by atoms with Crippen molar-refractivity contribution in [2.24, 2.45) is 11.8 Å². The molecule has 1 atom stereocenters. The second-order valence-electron chi connectivity index (χ2n) is 4.37. The maximum atomic E-state index is 3.79. The minimum Gasteiger partial charge on any atom is -0.103 e. The van der Waals surface area contributed by atoms with E-state index in [1.807, 2.05) is 0 Å². The first-order chi connectivity index (χ1) is 5.83. The summed E-state index contributed by atoms with van der Waals surface area (Å²) in [4.78, 5) is 0. The van der Waals surface area contributed by atoms with E-state index < -0.39 is 0 Å². The molecule has 1 rings (SSSR count). The third kappa shape index (κ3) is 3.42. The van der Waals surface area contributed by atoms with E-state index in [0.717, 1.165) is 11.8 Å². The summed E-state index contributed by atoms with van der Waals surface area (Å²) in [5, 5.41) is 0. The number of hydrogen-bond donors (Lipinski definition) is 0. The van der Waals surface area contributed by atoms with E-state index in [2.05, 4.69) is 19.6 Å². The molecule has 0 aromatic carbocycles. The van der Waals surface area contributed by atoms with Crippen LogP contribution in [0.5, 0.6) is 0 Å². The Morgan fingerprint density at radius 1 is 1.33 bits per heavy atom. The molecule has 0 radical (unpaired) electrons. The second kappa shape index (κ2) is 5.40. The molecule has 1 aliphatic rings. The summed E-state index contributed by atoms with van der Waals surface area (Å²) in [6.07, 6.45) is 12.1. The summed E-state index contributed by atoms with van der Waals surface area (Å²) in [6.45, 7) is 6.15. The Hall–Kier alpha value is -0.260. The molecule has 70 valence electrons. The normalized spacial score (nSPS) is 22.1. The van der Waals surface area contributed by atoms with Gasteiger partial charge >= 0.3 is 0 Å². The van der Waals surface area contributed by atoms with E-state index in [9.17, 15) is 0 Å². The van der Waals surface area contributed by atoms with E-state index in [0.29, 0.717) is 0 Å². The summed E-state index contributed by atoms with van der Waals surface area (Å²) in [7, 11) is 0. The van der Waals surface area contributed by atoms with Crippen LogP contribution in [-0.2, 0) is 0 Å². The highest BCUT2D eigenvalue weighted by atomic mass is 14.2. The average Bonchev–Trinajstić information content (AvgIpc) is 2.06. The molecule has 0 spiro atoms. The minimum absolute atomic E-state index is 0.866. The van der Waals surface area contributed by atoms with Crippen molar-refractivity contribution in [2.75, 3.05) is 0 Å². The second-order valence-corrected chi connectivity index (χ2v) is 4.37. The van der Waals surface area contributed by atoms with Gasteiger partial charge < -0.3 is 0 Å². The molecule has 1 saturated carbocycles. The smallest absolute Gasteiger partial charge is 0.0327 e. The van der Waals surface area contributed by atoms with Crippen LogP contribution in [-0.4, -0.2) is 0 Å². The molecule has 0 aromatic heterocycles. The van der Waals surface area contributed by atoms with Crippen LogP contribution < -0.4 is 0 Å². The zero-order valence-electron chi connectivity index (χ0n) is 8.39. The Morgan fingerprint density at radius 3 is 2.58 bits per heavy atom. The fourth-order valence-electron chi connectivity index (χ4n) is 2.37. The van der Waals surface area contributed by atoms with Gasteiger partial charge in [-0.05, 0) is 24.7 Å². The molecule has 1 fully saturated rings. The van der Waals surface area contributed by atoms with Crippen LogP contribution in [0.3, 0.4) is 0 Å². The van der Waals surface area contributed by atoms with Gasteiger partial charge in [0.25, 0.3) is 0 Å². The Labute approximate surface area is 77.1 Å². The molecular weight excluding hydrogens is 144 g/mol. The maximum absolute atomic E-state index is 3.79. The molecule has 0 unspecified atom stereocenters. The van der Waals surface area contributed by atoms with Gasteiger partial charge in [-0.25, -0.2) is 0 Å². The molecule has 0 heteroatoms. The number of rotatable bonds is 4. The third-order valence-electron chi connectivity index (χ3n) is 3.03. The molecule has 0 N–H and O–H groups in total. The van der Waals surface area contributed by atoms with Crippen LogP contribution in [0.1, 0.15) is 51.9 Å². The summed E-state index contributed by atoms with van der Waals surface area (Å²) >= 11 is 0. The van der Waals surface area contributed by atoms with E-state index in [-0.39, 0.29) is 0 Å². The van der Waals surface area contributed by atoms with Crippen LogP contribution in [0.4, 0.5) is 0 Å². The summed E-state index contributed by atoms with van der Waals surface area (Å²) in [5.41, 5.74) is 0. The van der Waals surface area contributed by atoms with Crippen LogP contribution in [0, 0.1) is 11.8 Å². The van der Waals surface area contributed by atoms with E-state index in [1.54, 1.807) is 0 Å². The van der Waals surface area contributed by atoms with Gasteiger partial charge in [-0.3, -0.25) is 0 Å². The van der Waals surface area contributed by atoms with Crippen molar-refractivity contribution in [1.29, 1.82) is 0 Å². The van der Waals surface area contributed by atoms with Gasteiger partial charge in [-0.15, -0.1) is 6.58 Å². The molecule has 0 aliphatic heterocycles. The monoisotopic (exact) mass is 166 g/mol. The predicted molar refractivity (Wildman–Crippen MR) is 55.2 cm³/mol. The van der Waals surface area contributed by atoms with Crippen molar-refractivity contribution in [1.82, 2.24) is 0 Å². The van der Waals surface area contributed by atoms with Gasteiger partial charge in [-0.1, -0.05) is 45.1 Å². The first-order valence-electron chi connectivity index (χ1n) is 5.44. The Balaban J connectivity index is 2.15. The maximum Gasteiger partial charge on any atom is -0.0327 e. The SMILES string of the molecule is C=CC[C@H](C)CC1CCCCC1. The van der Waals surface area contributed by atoms with Crippen molar-refractivity contribution in [3.8, 4) is 0 Å². The van der Waals surface area contributed by atoms with Crippen molar-refractivity contribution in [3.63, 3.8) is 0 Å². The first-order valence-corrected chi connectivity index (χ1v) is 5.44. The van der Waals surface area contributed by atoms with E-state index in [1.165, 1.54) is 44.9 Å². The first kappa shape index (κ1) is 9.83. The highest BCUT2D eigenvalue weighted by Crippen LogP contribution is 2.29. The van der Waals surface area contributed by atoms with Gasteiger partial charge in [0.15, 0.2) is 0 Å².